The monoisotopic (exact) mass is 221 g/mol. The zero-order chi connectivity index (χ0) is 10.4. The highest BCUT2D eigenvalue weighted by Gasteiger charge is 1.97. The molecule has 14 heavy (non-hydrogen) atoms. The predicted octanol–water partition coefficient (Wildman–Crippen LogP) is 2.19. The van der Waals surface area contributed by atoms with E-state index in [4.69, 9.17) is 24.4 Å². The van der Waals surface area contributed by atoms with Crippen LogP contribution in [0.5, 0.6) is 0 Å². The van der Waals surface area contributed by atoms with E-state index in [2.05, 4.69) is 5.92 Å². The number of hydrogen-bond donors (Lipinski definition) is 1. The highest BCUT2D eigenvalue weighted by Crippen LogP contribution is 2.13. The second kappa shape index (κ2) is 5.69. The largest absolute Gasteiger partial charge is 0.389 e. The fourth-order valence-corrected chi connectivity index (χ4v) is 1.80. The molecule has 3 heteroatoms. The van der Waals surface area contributed by atoms with Crippen molar-refractivity contribution in [1.29, 1.82) is 0 Å². The van der Waals surface area contributed by atoms with Crippen LogP contribution >= 0.6 is 24.0 Å². The van der Waals surface area contributed by atoms with Gasteiger partial charge in [-0.15, -0.1) is 18.2 Å². The van der Waals surface area contributed by atoms with Gasteiger partial charge in [-0.05, 0) is 11.6 Å². The normalized spacial score (nSPS) is 9.36. The molecule has 0 saturated heterocycles. The minimum atomic E-state index is 0.439. The Labute approximate surface area is 94.1 Å². The summed E-state index contributed by atoms with van der Waals surface area (Å²) in [7, 11) is 0. The minimum absolute atomic E-state index is 0.439. The number of hydrogen-bond acceptors (Lipinski definition) is 2. The summed E-state index contributed by atoms with van der Waals surface area (Å²) < 4.78 is 0. The number of benzene rings is 1. The molecule has 0 heterocycles. The maximum absolute atomic E-state index is 5.53. The van der Waals surface area contributed by atoms with E-state index in [0.29, 0.717) is 4.99 Å². The van der Waals surface area contributed by atoms with Crippen LogP contribution in [0.25, 0.3) is 0 Å². The zero-order valence-corrected chi connectivity index (χ0v) is 9.33. The van der Waals surface area contributed by atoms with E-state index in [0.717, 1.165) is 17.1 Å². The highest BCUT2D eigenvalue weighted by atomic mass is 32.2. The first-order chi connectivity index (χ1) is 6.74. The van der Waals surface area contributed by atoms with Gasteiger partial charge in [0.2, 0.25) is 0 Å². The molecule has 0 fully saturated rings. The van der Waals surface area contributed by atoms with E-state index in [-0.39, 0.29) is 0 Å². The Morgan fingerprint density at radius 2 is 2.36 bits per heavy atom. The van der Waals surface area contributed by atoms with E-state index in [1.54, 1.807) is 11.8 Å². The minimum Gasteiger partial charge on any atom is -0.389 e. The Bertz CT molecular complexity index is 366. The summed E-state index contributed by atoms with van der Waals surface area (Å²) in [6, 6.07) is 7.93. The fourth-order valence-electron chi connectivity index (χ4n) is 1.04. The van der Waals surface area contributed by atoms with Gasteiger partial charge >= 0.3 is 0 Å². The summed E-state index contributed by atoms with van der Waals surface area (Å²) in [5.41, 5.74) is 7.65. The van der Waals surface area contributed by atoms with E-state index in [1.807, 2.05) is 24.3 Å². The molecule has 0 atom stereocenters. The molecule has 0 aromatic heterocycles. The Hall–Kier alpha value is -0.980. The first-order valence-electron chi connectivity index (χ1n) is 4.14. The maximum atomic E-state index is 5.53. The number of thiocarbonyl (C=S) groups is 1. The van der Waals surface area contributed by atoms with Crippen LogP contribution in [0.15, 0.2) is 24.3 Å². The van der Waals surface area contributed by atoms with Gasteiger partial charge in [0.1, 0.15) is 4.99 Å². The van der Waals surface area contributed by atoms with Crippen LogP contribution in [-0.2, 0) is 5.75 Å². The lowest BCUT2D eigenvalue weighted by atomic mass is 10.1. The third-order valence-electron chi connectivity index (χ3n) is 1.67. The number of terminal acetylenes is 1. The van der Waals surface area contributed by atoms with Crippen molar-refractivity contribution in [3.8, 4) is 12.3 Å². The summed E-state index contributed by atoms with van der Waals surface area (Å²) in [6.07, 6.45) is 5.16. The number of rotatable bonds is 4. The molecule has 0 spiro atoms. The number of nitrogens with two attached hydrogens (primary N) is 1. The van der Waals surface area contributed by atoms with Gasteiger partial charge in [-0.25, -0.2) is 0 Å². The van der Waals surface area contributed by atoms with Crippen molar-refractivity contribution in [1.82, 2.24) is 0 Å². The average molecular weight is 221 g/mol. The van der Waals surface area contributed by atoms with Crippen molar-refractivity contribution < 1.29 is 0 Å². The second-order valence-corrected chi connectivity index (χ2v) is 4.19. The molecule has 1 aromatic rings. The molecule has 0 radical (unpaired) electrons. The second-order valence-electron chi connectivity index (χ2n) is 2.76. The lowest BCUT2D eigenvalue weighted by Gasteiger charge is -2.02. The summed E-state index contributed by atoms with van der Waals surface area (Å²) in [4.78, 5) is 0.439. The zero-order valence-electron chi connectivity index (χ0n) is 7.69. The van der Waals surface area contributed by atoms with Gasteiger partial charge in [0.05, 0.1) is 5.75 Å². The predicted molar refractivity (Wildman–Crippen MR) is 67.3 cm³/mol. The molecule has 0 amide bonds. The molecule has 0 aliphatic carbocycles. The van der Waals surface area contributed by atoms with Gasteiger partial charge in [-0.1, -0.05) is 36.3 Å². The molecule has 1 nitrogen and oxygen atoms in total. The van der Waals surface area contributed by atoms with Crippen LogP contribution in [0, 0.1) is 12.3 Å². The van der Waals surface area contributed by atoms with Crippen LogP contribution in [0.4, 0.5) is 0 Å². The smallest absolute Gasteiger partial charge is 0.103 e. The van der Waals surface area contributed by atoms with E-state index in [1.165, 1.54) is 5.56 Å². The van der Waals surface area contributed by atoms with Crippen LogP contribution in [0.3, 0.4) is 0 Å². The third kappa shape index (κ3) is 3.41. The maximum Gasteiger partial charge on any atom is 0.103 e. The molecule has 0 aliphatic heterocycles. The van der Waals surface area contributed by atoms with Gasteiger partial charge in [0.25, 0.3) is 0 Å². The van der Waals surface area contributed by atoms with Crippen molar-refractivity contribution in [2.75, 3.05) is 5.75 Å². The Morgan fingerprint density at radius 1 is 1.57 bits per heavy atom. The van der Waals surface area contributed by atoms with Crippen molar-refractivity contribution in [3.63, 3.8) is 0 Å². The molecule has 0 bridgehead atoms. The Kier molecular flexibility index (Phi) is 4.51. The first kappa shape index (κ1) is 11.1. The number of thioether (sulfide) groups is 1. The third-order valence-corrected chi connectivity index (χ3v) is 2.81. The molecule has 0 unspecified atom stereocenters. The first-order valence-corrected chi connectivity index (χ1v) is 5.70. The van der Waals surface area contributed by atoms with E-state index in [9.17, 15) is 0 Å². The van der Waals surface area contributed by atoms with Gasteiger partial charge in [-0.3, -0.25) is 0 Å². The molecule has 0 aliphatic rings. The molecule has 72 valence electrons. The quantitative estimate of drug-likeness (QED) is 0.479. The van der Waals surface area contributed by atoms with E-state index >= 15 is 0 Å². The Balaban J connectivity index is 2.65. The van der Waals surface area contributed by atoms with Crippen LogP contribution < -0.4 is 5.73 Å². The Morgan fingerprint density at radius 3 is 3.00 bits per heavy atom. The lowest BCUT2D eigenvalue weighted by Crippen LogP contribution is -2.09. The van der Waals surface area contributed by atoms with Crippen molar-refractivity contribution in [2.24, 2.45) is 5.73 Å². The fraction of sp³-hybridized carbons (Fsp3) is 0.182. The molecule has 2 N–H and O–H groups in total. The summed E-state index contributed by atoms with van der Waals surface area (Å²) in [5.74, 6) is 4.22. The van der Waals surface area contributed by atoms with Crippen molar-refractivity contribution in [2.45, 2.75) is 5.75 Å². The van der Waals surface area contributed by atoms with Gasteiger partial charge in [-0.2, -0.15) is 0 Å². The standard InChI is InChI=1S/C11H11NS2/c1-2-6-14-8-9-4-3-5-10(7-9)11(12)13/h1,3-5,7H,6,8H2,(H2,12,13). The lowest BCUT2D eigenvalue weighted by molar-refractivity contribution is 1.40. The van der Waals surface area contributed by atoms with Gasteiger partial charge in [0.15, 0.2) is 0 Å². The SMILES string of the molecule is C#CCSCc1cccc(C(N)=S)c1. The molecule has 1 rings (SSSR count). The van der Waals surface area contributed by atoms with Crippen LogP contribution in [-0.4, -0.2) is 10.7 Å². The summed E-state index contributed by atoms with van der Waals surface area (Å²) in [5, 5.41) is 0. The average Bonchev–Trinajstić information content (AvgIpc) is 2.19. The van der Waals surface area contributed by atoms with Gasteiger partial charge < -0.3 is 5.73 Å². The van der Waals surface area contributed by atoms with Gasteiger partial charge in [0, 0.05) is 11.3 Å². The molecular weight excluding hydrogens is 210 g/mol. The summed E-state index contributed by atoms with van der Waals surface area (Å²) in [6.45, 7) is 0. The van der Waals surface area contributed by atoms with E-state index < -0.39 is 0 Å². The molecular formula is C11H11NS2. The topological polar surface area (TPSA) is 26.0 Å². The molecule has 0 saturated carbocycles. The van der Waals surface area contributed by atoms with Crippen molar-refractivity contribution in [3.05, 3.63) is 35.4 Å². The summed E-state index contributed by atoms with van der Waals surface area (Å²) >= 11 is 6.60. The van der Waals surface area contributed by atoms with Crippen LogP contribution in [0.2, 0.25) is 0 Å². The van der Waals surface area contributed by atoms with Crippen molar-refractivity contribution >= 4 is 29.0 Å². The highest BCUT2D eigenvalue weighted by molar-refractivity contribution is 7.98. The van der Waals surface area contributed by atoms with Crippen LogP contribution in [0.1, 0.15) is 11.1 Å². The molecule has 1 aromatic carbocycles.